The first-order chi connectivity index (χ1) is 14.0. The van der Waals surface area contributed by atoms with E-state index in [2.05, 4.69) is 20.2 Å². The average Bonchev–Trinajstić information content (AvgIpc) is 3.00. The van der Waals surface area contributed by atoms with E-state index in [1.807, 2.05) is 6.92 Å². The fourth-order valence-corrected chi connectivity index (χ4v) is 4.19. The van der Waals surface area contributed by atoms with Crippen molar-refractivity contribution in [3.63, 3.8) is 0 Å². The lowest BCUT2D eigenvalue weighted by molar-refractivity contribution is -0.132. The smallest absolute Gasteiger partial charge is 0.179 e. The maximum atomic E-state index is 13.2. The van der Waals surface area contributed by atoms with Gasteiger partial charge in [0.2, 0.25) is 0 Å². The Morgan fingerprint density at radius 3 is 2.86 bits per heavy atom. The van der Waals surface area contributed by atoms with E-state index in [1.54, 1.807) is 6.07 Å². The van der Waals surface area contributed by atoms with Crippen molar-refractivity contribution >= 4 is 34.7 Å². The summed E-state index contributed by atoms with van der Waals surface area (Å²) < 4.78 is 0. The monoisotopic (exact) mass is 419 g/mol. The van der Waals surface area contributed by atoms with Crippen LogP contribution in [0.15, 0.2) is 11.6 Å². The van der Waals surface area contributed by atoms with Gasteiger partial charge in [0.25, 0.3) is 0 Å². The molecule has 0 radical (unpaired) electrons. The molecule has 0 bridgehead atoms. The van der Waals surface area contributed by atoms with Gasteiger partial charge in [0.05, 0.1) is 11.6 Å². The Hall–Kier alpha value is -1.99. The van der Waals surface area contributed by atoms with Gasteiger partial charge in [-0.2, -0.15) is 0 Å². The summed E-state index contributed by atoms with van der Waals surface area (Å²) in [6, 6.07) is 1.73. The van der Waals surface area contributed by atoms with E-state index >= 15 is 0 Å². The number of Topliss-reactive ketones (excluding diaryl/α,β-unsaturated/α-hetero) is 2. The summed E-state index contributed by atoms with van der Waals surface area (Å²) in [5.74, 6) is 0.248. The third-order valence-corrected chi connectivity index (χ3v) is 5.77. The van der Waals surface area contributed by atoms with Crippen molar-refractivity contribution in [3.8, 4) is 0 Å². The topological polar surface area (TPSA) is 101 Å². The molecule has 8 heteroatoms. The van der Waals surface area contributed by atoms with E-state index in [0.29, 0.717) is 35.8 Å². The molecule has 2 fully saturated rings. The number of nitrogens with one attached hydrogen (secondary N) is 1. The second-order valence-corrected chi connectivity index (χ2v) is 8.12. The number of carbonyl (C=O) groups excluding carboxylic acids is 2. The fourth-order valence-electron chi connectivity index (χ4n) is 4.01. The zero-order valence-corrected chi connectivity index (χ0v) is 17.8. The Labute approximate surface area is 177 Å². The van der Waals surface area contributed by atoms with E-state index in [-0.39, 0.29) is 23.1 Å². The summed E-state index contributed by atoms with van der Waals surface area (Å²) >= 11 is 6.28. The molecule has 0 unspecified atom stereocenters. The molecule has 0 spiro atoms. The Balaban J connectivity index is 1.95. The molecule has 158 valence electrons. The molecule has 1 aromatic heterocycles. The van der Waals surface area contributed by atoms with Gasteiger partial charge < -0.3 is 16.0 Å². The molecular weight excluding hydrogens is 390 g/mol. The van der Waals surface area contributed by atoms with Gasteiger partial charge >= 0.3 is 0 Å². The van der Waals surface area contributed by atoms with Crippen LogP contribution < -0.4 is 16.0 Å². The lowest BCUT2D eigenvalue weighted by Crippen LogP contribution is -2.30. The molecule has 2 aliphatic rings. The predicted molar refractivity (Wildman–Crippen MR) is 115 cm³/mol. The third kappa shape index (κ3) is 5.34. The Kier molecular flexibility index (Phi) is 7.61. The van der Waals surface area contributed by atoms with Crippen LogP contribution in [0.5, 0.6) is 0 Å². The fraction of sp³-hybridized carbons (Fsp3) is 0.619. The van der Waals surface area contributed by atoms with Crippen LogP contribution in [-0.2, 0) is 9.59 Å². The highest BCUT2D eigenvalue weighted by Gasteiger charge is 2.32. The highest BCUT2D eigenvalue weighted by Crippen LogP contribution is 2.28. The van der Waals surface area contributed by atoms with Crippen LogP contribution in [0.4, 0.5) is 5.82 Å². The number of rotatable bonds is 6. The van der Waals surface area contributed by atoms with Gasteiger partial charge in [0.1, 0.15) is 16.8 Å². The number of hydrogen-bond acceptors (Lipinski definition) is 7. The molecule has 3 N–H and O–H groups in total. The van der Waals surface area contributed by atoms with Gasteiger partial charge in [-0.05, 0) is 32.2 Å². The maximum absolute atomic E-state index is 13.2. The number of nitrogens with zero attached hydrogens (tertiary/aromatic N) is 3. The van der Waals surface area contributed by atoms with Crippen molar-refractivity contribution in [3.05, 3.63) is 22.6 Å². The predicted octanol–water partition coefficient (Wildman–Crippen LogP) is 2.73. The molecule has 0 amide bonds. The van der Waals surface area contributed by atoms with Crippen molar-refractivity contribution in [1.29, 1.82) is 0 Å². The van der Waals surface area contributed by atoms with Gasteiger partial charge in [-0.3, -0.25) is 9.59 Å². The van der Waals surface area contributed by atoms with Crippen molar-refractivity contribution in [1.82, 2.24) is 15.3 Å². The van der Waals surface area contributed by atoms with Crippen molar-refractivity contribution in [2.24, 2.45) is 11.7 Å². The number of anilines is 1. The van der Waals surface area contributed by atoms with Gasteiger partial charge in [-0.15, -0.1) is 0 Å². The van der Waals surface area contributed by atoms with Gasteiger partial charge in [-0.25, -0.2) is 9.97 Å². The first kappa shape index (κ1) is 21.7. The summed E-state index contributed by atoms with van der Waals surface area (Å²) in [6.07, 6.45) is 5.06. The molecule has 1 saturated carbocycles. The molecule has 2 heterocycles. The average molecular weight is 420 g/mol. The SMILES string of the molecule is CCC/C(C(=O)[C@H]1CCCCC1=O)=C(/N)c1nc(Cl)cc(N2CCCNCC2)n1. The van der Waals surface area contributed by atoms with Crippen LogP contribution in [0.2, 0.25) is 5.15 Å². The van der Waals surface area contributed by atoms with Gasteiger partial charge in [-0.1, -0.05) is 31.4 Å². The molecule has 3 rings (SSSR count). The molecule has 1 aromatic rings. The quantitative estimate of drug-likeness (QED) is 0.415. The van der Waals surface area contributed by atoms with E-state index in [0.717, 1.165) is 51.9 Å². The summed E-state index contributed by atoms with van der Waals surface area (Å²) in [5.41, 5.74) is 7.11. The molecule has 1 saturated heterocycles. The minimum Gasteiger partial charge on any atom is -0.395 e. The van der Waals surface area contributed by atoms with Crippen molar-refractivity contribution in [2.75, 3.05) is 31.1 Å². The second kappa shape index (κ2) is 10.2. The van der Waals surface area contributed by atoms with E-state index < -0.39 is 5.92 Å². The number of hydrogen-bond donors (Lipinski definition) is 2. The highest BCUT2D eigenvalue weighted by atomic mass is 35.5. The summed E-state index contributed by atoms with van der Waals surface area (Å²) in [5, 5.41) is 3.65. The number of aromatic nitrogens is 2. The first-order valence-corrected chi connectivity index (χ1v) is 10.9. The lowest BCUT2D eigenvalue weighted by atomic mass is 9.81. The first-order valence-electron chi connectivity index (χ1n) is 10.6. The van der Waals surface area contributed by atoms with Crippen LogP contribution >= 0.6 is 11.6 Å². The normalized spacial score (nSPS) is 21.5. The highest BCUT2D eigenvalue weighted by molar-refractivity contribution is 6.29. The summed E-state index contributed by atoms with van der Waals surface area (Å²) in [4.78, 5) is 36.5. The molecule has 1 aliphatic carbocycles. The Morgan fingerprint density at radius 2 is 2.10 bits per heavy atom. The maximum Gasteiger partial charge on any atom is 0.179 e. The Morgan fingerprint density at radius 1 is 1.28 bits per heavy atom. The number of ketones is 2. The molecular formula is C21H30ClN5O2. The van der Waals surface area contributed by atoms with Crippen LogP contribution in [0.3, 0.4) is 0 Å². The largest absolute Gasteiger partial charge is 0.395 e. The van der Waals surface area contributed by atoms with Crippen LogP contribution in [0, 0.1) is 5.92 Å². The van der Waals surface area contributed by atoms with Crippen LogP contribution in [0.25, 0.3) is 5.70 Å². The standard InChI is InChI=1S/C21H30ClN5O2/c1-2-6-15(20(29)14-7-3-4-8-16(14)28)19(23)21-25-17(22)13-18(26-21)27-11-5-9-24-10-12-27/h13-14,24H,2-12,23H2,1H3/b19-15-/t14-/m0/s1. The van der Waals surface area contributed by atoms with E-state index in [4.69, 9.17) is 17.3 Å². The number of allylic oxidation sites excluding steroid dienone is 1. The molecule has 29 heavy (non-hydrogen) atoms. The minimum absolute atomic E-state index is 0.0208. The molecule has 7 nitrogen and oxygen atoms in total. The van der Waals surface area contributed by atoms with E-state index in [9.17, 15) is 9.59 Å². The lowest BCUT2D eigenvalue weighted by Gasteiger charge is -2.23. The number of carbonyl (C=O) groups is 2. The molecule has 0 aromatic carbocycles. The summed E-state index contributed by atoms with van der Waals surface area (Å²) in [7, 11) is 0. The van der Waals surface area contributed by atoms with Gasteiger partial charge in [0.15, 0.2) is 11.6 Å². The van der Waals surface area contributed by atoms with Crippen LogP contribution in [0.1, 0.15) is 57.7 Å². The van der Waals surface area contributed by atoms with Crippen molar-refractivity contribution < 1.29 is 9.59 Å². The number of nitrogens with two attached hydrogens (primary N) is 1. The zero-order chi connectivity index (χ0) is 20.8. The van der Waals surface area contributed by atoms with Crippen LogP contribution in [-0.4, -0.2) is 47.7 Å². The second-order valence-electron chi connectivity index (χ2n) is 7.73. The third-order valence-electron chi connectivity index (χ3n) is 5.58. The Bertz CT molecular complexity index is 787. The minimum atomic E-state index is -0.584. The summed E-state index contributed by atoms with van der Waals surface area (Å²) in [6.45, 7) is 5.49. The number of halogens is 1. The van der Waals surface area contributed by atoms with E-state index in [1.165, 1.54) is 0 Å². The van der Waals surface area contributed by atoms with Gasteiger partial charge in [0, 0.05) is 37.7 Å². The zero-order valence-electron chi connectivity index (χ0n) is 17.0. The van der Waals surface area contributed by atoms with Crippen molar-refractivity contribution in [2.45, 2.75) is 51.9 Å². The molecule has 1 aliphatic heterocycles. The molecule has 1 atom stereocenters.